The van der Waals surface area contributed by atoms with Crippen LogP contribution in [0.15, 0.2) is 0 Å². The van der Waals surface area contributed by atoms with Gasteiger partial charge in [0.15, 0.2) is 0 Å². The summed E-state index contributed by atoms with van der Waals surface area (Å²) in [7, 11) is 0. The number of rotatable bonds is 11. The van der Waals surface area contributed by atoms with Gasteiger partial charge in [-0.1, -0.05) is 51.9 Å². The van der Waals surface area contributed by atoms with Crippen molar-refractivity contribution in [3.05, 3.63) is 0 Å². The van der Waals surface area contributed by atoms with Crippen LogP contribution in [-0.2, 0) is 9.53 Å². The summed E-state index contributed by atoms with van der Waals surface area (Å²) in [5.41, 5.74) is 0. The number of halogens is 6. The lowest BCUT2D eigenvalue weighted by atomic mass is 10.0. The molecular weight excluding hydrogens is 342 g/mol. The van der Waals surface area contributed by atoms with Gasteiger partial charge in [-0.3, -0.25) is 4.79 Å². The van der Waals surface area contributed by atoms with Crippen LogP contribution in [0.3, 0.4) is 0 Å². The SMILES string of the molecule is CCCCCCCCC[C@H](O)CC(=O)OC(C(F)(F)F)C(F)(F)F. The number of carbonyl (C=O) groups excluding carboxylic acids is 1. The number of aliphatic hydroxyl groups excluding tert-OH is 1. The minimum atomic E-state index is -5.74. The maximum Gasteiger partial charge on any atom is 0.434 e. The Hall–Kier alpha value is -0.990. The minimum absolute atomic E-state index is 0.131. The van der Waals surface area contributed by atoms with E-state index in [0.717, 1.165) is 38.5 Å². The molecule has 0 rings (SSSR count). The Morgan fingerprint density at radius 2 is 1.38 bits per heavy atom. The third-order valence-corrected chi connectivity index (χ3v) is 3.39. The van der Waals surface area contributed by atoms with Gasteiger partial charge in [-0.05, 0) is 6.42 Å². The standard InChI is InChI=1S/C15H24F6O3/c1-2-3-4-5-6-7-8-9-11(22)10-12(23)24-13(14(16,17)18)15(19,20)21/h11,13,22H,2-10H2,1H3/t11-/m0/s1. The number of alkyl halides is 6. The van der Waals surface area contributed by atoms with Gasteiger partial charge in [0.1, 0.15) is 0 Å². The molecule has 0 heterocycles. The second-order valence-corrected chi connectivity index (χ2v) is 5.72. The van der Waals surface area contributed by atoms with Gasteiger partial charge in [-0.15, -0.1) is 0 Å². The van der Waals surface area contributed by atoms with Gasteiger partial charge in [-0.2, -0.15) is 26.3 Å². The van der Waals surface area contributed by atoms with Crippen LogP contribution in [0, 0.1) is 0 Å². The van der Waals surface area contributed by atoms with E-state index in [9.17, 15) is 36.2 Å². The molecule has 0 saturated heterocycles. The normalized spacial score (nSPS) is 14.0. The third-order valence-electron chi connectivity index (χ3n) is 3.39. The number of unbranched alkanes of at least 4 members (excludes halogenated alkanes) is 6. The molecule has 0 aromatic carbocycles. The summed E-state index contributed by atoms with van der Waals surface area (Å²) in [6.07, 6.45) is -11.1. The first kappa shape index (κ1) is 23.0. The van der Waals surface area contributed by atoms with Crippen molar-refractivity contribution < 1.29 is 41.0 Å². The van der Waals surface area contributed by atoms with Crippen molar-refractivity contribution in [1.29, 1.82) is 0 Å². The molecule has 144 valence electrons. The van der Waals surface area contributed by atoms with Crippen LogP contribution in [0.25, 0.3) is 0 Å². The summed E-state index contributed by atoms with van der Waals surface area (Å²) < 4.78 is 76.9. The van der Waals surface area contributed by atoms with Crippen molar-refractivity contribution in [1.82, 2.24) is 0 Å². The van der Waals surface area contributed by atoms with Crippen LogP contribution in [0.2, 0.25) is 0 Å². The third kappa shape index (κ3) is 10.7. The Morgan fingerprint density at radius 3 is 1.83 bits per heavy atom. The zero-order valence-corrected chi connectivity index (χ0v) is 13.6. The molecule has 9 heteroatoms. The van der Waals surface area contributed by atoms with Gasteiger partial charge in [0.2, 0.25) is 0 Å². The average molecular weight is 366 g/mol. The molecule has 0 aromatic rings. The highest BCUT2D eigenvalue weighted by molar-refractivity contribution is 5.70. The molecule has 0 amide bonds. The predicted octanol–water partition coefficient (Wildman–Crippen LogP) is 4.91. The molecule has 0 aliphatic rings. The van der Waals surface area contributed by atoms with E-state index in [2.05, 4.69) is 11.7 Å². The summed E-state index contributed by atoms with van der Waals surface area (Å²) in [5.74, 6) is -1.72. The fourth-order valence-corrected chi connectivity index (χ4v) is 2.13. The Bertz CT molecular complexity index is 340. The fraction of sp³-hybridized carbons (Fsp3) is 0.933. The highest BCUT2D eigenvalue weighted by atomic mass is 19.4. The van der Waals surface area contributed by atoms with E-state index < -0.39 is 37.0 Å². The van der Waals surface area contributed by atoms with Crippen LogP contribution >= 0.6 is 0 Å². The number of ether oxygens (including phenoxy) is 1. The number of hydrogen-bond acceptors (Lipinski definition) is 3. The van der Waals surface area contributed by atoms with Gasteiger partial charge in [-0.25, -0.2) is 0 Å². The lowest BCUT2D eigenvalue weighted by Crippen LogP contribution is -2.45. The van der Waals surface area contributed by atoms with Crippen LogP contribution in [-0.4, -0.2) is 35.6 Å². The summed E-state index contributed by atoms with van der Waals surface area (Å²) >= 11 is 0. The first-order chi connectivity index (χ1) is 11.0. The quantitative estimate of drug-likeness (QED) is 0.321. The van der Waals surface area contributed by atoms with Gasteiger partial charge < -0.3 is 9.84 Å². The van der Waals surface area contributed by atoms with Crippen molar-refractivity contribution >= 4 is 5.97 Å². The van der Waals surface area contributed by atoms with Gasteiger partial charge in [0, 0.05) is 0 Å². The molecule has 1 N–H and O–H groups in total. The van der Waals surface area contributed by atoms with E-state index >= 15 is 0 Å². The number of carbonyl (C=O) groups is 1. The average Bonchev–Trinajstić information content (AvgIpc) is 2.41. The largest absolute Gasteiger partial charge is 0.443 e. The first-order valence-corrected chi connectivity index (χ1v) is 7.99. The second kappa shape index (κ2) is 10.8. The van der Waals surface area contributed by atoms with E-state index in [0.29, 0.717) is 6.42 Å². The zero-order chi connectivity index (χ0) is 18.8. The molecule has 24 heavy (non-hydrogen) atoms. The lowest BCUT2D eigenvalue weighted by molar-refractivity contribution is -0.313. The van der Waals surface area contributed by atoms with Crippen molar-refractivity contribution in [3.63, 3.8) is 0 Å². The monoisotopic (exact) mass is 366 g/mol. The van der Waals surface area contributed by atoms with E-state index in [1.807, 2.05) is 0 Å². The van der Waals surface area contributed by atoms with E-state index in [1.165, 1.54) is 0 Å². The lowest BCUT2D eigenvalue weighted by Gasteiger charge is -2.23. The zero-order valence-electron chi connectivity index (χ0n) is 13.6. The summed E-state index contributed by atoms with van der Waals surface area (Å²) in [5, 5.41) is 9.52. The highest BCUT2D eigenvalue weighted by Crippen LogP contribution is 2.36. The second-order valence-electron chi connectivity index (χ2n) is 5.72. The van der Waals surface area contributed by atoms with Gasteiger partial charge in [0.25, 0.3) is 6.10 Å². The molecule has 0 bridgehead atoms. The van der Waals surface area contributed by atoms with Crippen molar-refractivity contribution in [3.8, 4) is 0 Å². The summed E-state index contributed by atoms with van der Waals surface area (Å²) in [4.78, 5) is 11.2. The number of aliphatic hydroxyl groups is 1. The molecule has 0 fully saturated rings. The molecule has 0 aromatic heterocycles. The molecule has 0 saturated carbocycles. The van der Waals surface area contributed by atoms with Gasteiger partial charge in [0.05, 0.1) is 12.5 Å². The summed E-state index contributed by atoms with van der Waals surface area (Å²) in [6.45, 7) is 2.08. The van der Waals surface area contributed by atoms with Crippen LogP contribution in [0.5, 0.6) is 0 Å². The van der Waals surface area contributed by atoms with Crippen molar-refractivity contribution in [2.24, 2.45) is 0 Å². The van der Waals surface area contributed by atoms with Crippen molar-refractivity contribution in [2.75, 3.05) is 0 Å². The highest BCUT2D eigenvalue weighted by Gasteiger charge is 2.59. The topological polar surface area (TPSA) is 46.5 Å². The molecule has 1 atom stereocenters. The minimum Gasteiger partial charge on any atom is -0.443 e. The van der Waals surface area contributed by atoms with E-state index in [1.54, 1.807) is 0 Å². The van der Waals surface area contributed by atoms with Crippen LogP contribution in [0.4, 0.5) is 26.3 Å². The Labute approximate surface area is 137 Å². The summed E-state index contributed by atoms with van der Waals surface area (Å²) in [6, 6.07) is 0. The molecule has 0 aliphatic carbocycles. The van der Waals surface area contributed by atoms with Crippen LogP contribution in [0.1, 0.15) is 64.7 Å². The molecule has 0 radical (unpaired) electrons. The molecular formula is C15H24F6O3. The Kier molecular flexibility index (Phi) is 10.3. The molecule has 0 unspecified atom stereocenters. The maximum absolute atomic E-state index is 12.2. The Balaban J connectivity index is 4.08. The molecule has 0 spiro atoms. The smallest absolute Gasteiger partial charge is 0.434 e. The maximum atomic E-state index is 12.2. The van der Waals surface area contributed by atoms with Crippen molar-refractivity contribution in [2.45, 2.75) is 89.3 Å². The predicted molar refractivity (Wildman–Crippen MR) is 75.2 cm³/mol. The number of esters is 1. The Morgan fingerprint density at radius 1 is 0.917 bits per heavy atom. The van der Waals surface area contributed by atoms with Gasteiger partial charge >= 0.3 is 18.3 Å². The first-order valence-electron chi connectivity index (χ1n) is 7.99. The fourth-order valence-electron chi connectivity index (χ4n) is 2.13. The van der Waals surface area contributed by atoms with Crippen LogP contribution < -0.4 is 0 Å². The molecule has 3 nitrogen and oxygen atoms in total. The van der Waals surface area contributed by atoms with E-state index in [-0.39, 0.29) is 6.42 Å². The molecule has 0 aliphatic heterocycles. The number of hydrogen-bond donors (Lipinski definition) is 1. The van der Waals surface area contributed by atoms with E-state index in [4.69, 9.17) is 0 Å².